The molecule has 1 rings (SSSR count). The molecule has 0 bridgehead atoms. The van der Waals surface area contributed by atoms with E-state index in [1.54, 1.807) is 0 Å². The number of carbonyl (C=O) groups is 3. The van der Waals surface area contributed by atoms with Crippen molar-refractivity contribution >= 4 is 28.8 Å². The van der Waals surface area contributed by atoms with Gasteiger partial charge in [0.15, 0.2) is 5.12 Å². The Bertz CT molecular complexity index is 267. The van der Waals surface area contributed by atoms with Gasteiger partial charge in [0.25, 0.3) is 5.91 Å². The summed E-state index contributed by atoms with van der Waals surface area (Å²) in [5, 5.41) is 4.61. The van der Waals surface area contributed by atoms with E-state index in [9.17, 15) is 14.4 Å². The number of rotatable bonds is 4. The summed E-state index contributed by atoms with van der Waals surface area (Å²) < 4.78 is 0. The van der Waals surface area contributed by atoms with Crippen LogP contribution in [0.4, 0.5) is 4.79 Å². The highest BCUT2D eigenvalue weighted by molar-refractivity contribution is 8.13. The Kier molecular flexibility index (Phi) is 3.94. The topological polar surface area (TPSA) is 75.3 Å². The number of imide groups is 1. The Morgan fingerprint density at radius 2 is 2.21 bits per heavy atom. The minimum Gasteiger partial charge on any atom is -0.326 e. The molecule has 78 valence electrons. The highest BCUT2D eigenvalue weighted by atomic mass is 32.2. The normalized spacial score (nSPS) is 20.5. The van der Waals surface area contributed by atoms with Gasteiger partial charge in [-0.2, -0.15) is 0 Å². The van der Waals surface area contributed by atoms with Crippen LogP contribution in [0.1, 0.15) is 19.8 Å². The summed E-state index contributed by atoms with van der Waals surface area (Å²) in [6, 6.07) is -1.01. The third-order valence-corrected chi connectivity index (χ3v) is 2.62. The van der Waals surface area contributed by atoms with Gasteiger partial charge in [-0.15, -0.1) is 0 Å². The third-order valence-electron chi connectivity index (χ3n) is 1.80. The van der Waals surface area contributed by atoms with Gasteiger partial charge in [0, 0.05) is 6.42 Å². The quantitative estimate of drug-likeness (QED) is 0.661. The van der Waals surface area contributed by atoms with E-state index in [-0.39, 0.29) is 11.0 Å². The fourth-order valence-corrected chi connectivity index (χ4v) is 1.74. The maximum Gasteiger partial charge on any atom is 0.322 e. The Morgan fingerprint density at radius 1 is 1.50 bits per heavy atom. The van der Waals surface area contributed by atoms with Crippen molar-refractivity contribution < 1.29 is 14.4 Å². The van der Waals surface area contributed by atoms with Gasteiger partial charge in [-0.05, 0) is 12.2 Å². The fourth-order valence-electron chi connectivity index (χ4n) is 1.16. The van der Waals surface area contributed by atoms with Gasteiger partial charge in [0.2, 0.25) is 0 Å². The van der Waals surface area contributed by atoms with Crippen LogP contribution in [-0.2, 0) is 9.59 Å². The van der Waals surface area contributed by atoms with Crippen molar-refractivity contribution in [2.75, 3.05) is 5.75 Å². The minimum absolute atomic E-state index is 0.0569. The third kappa shape index (κ3) is 3.02. The predicted molar refractivity (Wildman–Crippen MR) is 52.8 cm³/mol. The van der Waals surface area contributed by atoms with Gasteiger partial charge in [-0.1, -0.05) is 18.7 Å². The van der Waals surface area contributed by atoms with Crippen molar-refractivity contribution in [1.29, 1.82) is 0 Å². The van der Waals surface area contributed by atoms with Crippen LogP contribution in [0.3, 0.4) is 0 Å². The van der Waals surface area contributed by atoms with Crippen LogP contribution < -0.4 is 10.6 Å². The van der Waals surface area contributed by atoms with Crippen LogP contribution in [0.2, 0.25) is 0 Å². The second-order valence-electron chi connectivity index (χ2n) is 2.86. The first-order chi connectivity index (χ1) is 6.63. The SMILES string of the molecule is CCSC(=O)CC[C@@H]1NC(=O)NC1=O. The first-order valence-electron chi connectivity index (χ1n) is 4.40. The number of nitrogens with one attached hydrogen (secondary N) is 2. The highest BCUT2D eigenvalue weighted by Crippen LogP contribution is 2.10. The molecule has 0 spiro atoms. The Labute approximate surface area is 86.0 Å². The molecule has 1 fully saturated rings. The molecule has 1 atom stereocenters. The number of carbonyl (C=O) groups excluding carboxylic acids is 3. The molecule has 0 unspecified atom stereocenters. The number of amides is 3. The molecule has 0 aliphatic carbocycles. The van der Waals surface area contributed by atoms with Gasteiger partial charge < -0.3 is 5.32 Å². The number of hydrogen-bond acceptors (Lipinski definition) is 4. The molecule has 0 aromatic carbocycles. The summed E-state index contributed by atoms with van der Waals surface area (Å²) in [7, 11) is 0. The molecule has 2 N–H and O–H groups in total. The average Bonchev–Trinajstić information content (AvgIpc) is 2.42. The van der Waals surface area contributed by atoms with Crippen LogP contribution in [0, 0.1) is 0 Å². The van der Waals surface area contributed by atoms with Crippen LogP contribution in [-0.4, -0.2) is 28.8 Å². The monoisotopic (exact) mass is 216 g/mol. The van der Waals surface area contributed by atoms with Crippen LogP contribution in [0.15, 0.2) is 0 Å². The van der Waals surface area contributed by atoms with Gasteiger partial charge in [0.1, 0.15) is 6.04 Å². The zero-order chi connectivity index (χ0) is 10.6. The van der Waals surface area contributed by atoms with E-state index < -0.39 is 12.1 Å². The zero-order valence-corrected chi connectivity index (χ0v) is 8.65. The first kappa shape index (κ1) is 11.0. The van der Waals surface area contributed by atoms with Crippen molar-refractivity contribution in [1.82, 2.24) is 10.6 Å². The van der Waals surface area contributed by atoms with Crippen molar-refractivity contribution in [2.24, 2.45) is 0 Å². The van der Waals surface area contributed by atoms with Crippen molar-refractivity contribution in [3.8, 4) is 0 Å². The molecule has 0 aromatic rings. The van der Waals surface area contributed by atoms with E-state index >= 15 is 0 Å². The zero-order valence-electron chi connectivity index (χ0n) is 7.83. The predicted octanol–water partition coefficient (Wildman–Crippen LogP) is 0.254. The summed E-state index contributed by atoms with van der Waals surface area (Å²) in [5.74, 6) is 0.395. The summed E-state index contributed by atoms with van der Waals surface area (Å²) in [6.07, 6.45) is 0.695. The van der Waals surface area contributed by atoms with Crippen LogP contribution in [0.25, 0.3) is 0 Å². The highest BCUT2D eigenvalue weighted by Gasteiger charge is 2.29. The second kappa shape index (κ2) is 4.99. The van der Waals surface area contributed by atoms with Crippen LogP contribution in [0.5, 0.6) is 0 Å². The lowest BCUT2D eigenvalue weighted by Crippen LogP contribution is -2.29. The largest absolute Gasteiger partial charge is 0.326 e. The molecule has 1 aliphatic rings. The van der Waals surface area contributed by atoms with Gasteiger partial charge in [-0.25, -0.2) is 4.79 Å². The van der Waals surface area contributed by atoms with Crippen LogP contribution >= 0.6 is 11.8 Å². The molecule has 0 aromatic heterocycles. The van der Waals surface area contributed by atoms with Gasteiger partial charge in [-0.3, -0.25) is 14.9 Å². The summed E-state index contributed by atoms with van der Waals surface area (Å²) in [5.41, 5.74) is 0. The van der Waals surface area contributed by atoms with E-state index in [2.05, 4.69) is 10.6 Å². The van der Waals surface area contributed by atoms with E-state index in [4.69, 9.17) is 0 Å². The first-order valence-corrected chi connectivity index (χ1v) is 5.39. The Morgan fingerprint density at radius 3 is 2.71 bits per heavy atom. The van der Waals surface area contributed by atoms with Crippen molar-refractivity contribution in [3.63, 3.8) is 0 Å². The molecular weight excluding hydrogens is 204 g/mol. The lowest BCUT2D eigenvalue weighted by atomic mass is 10.2. The van der Waals surface area contributed by atoms with Crippen molar-refractivity contribution in [3.05, 3.63) is 0 Å². The molecule has 1 heterocycles. The second-order valence-corrected chi connectivity index (χ2v) is 4.18. The maximum absolute atomic E-state index is 11.1. The number of hydrogen-bond donors (Lipinski definition) is 2. The molecular formula is C8H12N2O3S. The molecule has 3 amide bonds. The summed E-state index contributed by atoms with van der Waals surface area (Å²) in [4.78, 5) is 32.9. The molecule has 5 nitrogen and oxygen atoms in total. The molecule has 0 radical (unpaired) electrons. The summed E-state index contributed by atoms with van der Waals surface area (Å²) in [6.45, 7) is 1.90. The lowest BCUT2D eigenvalue weighted by molar-refractivity contribution is -0.120. The van der Waals surface area contributed by atoms with E-state index in [1.165, 1.54) is 11.8 Å². The Hall–Kier alpha value is -1.04. The van der Waals surface area contributed by atoms with Gasteiger partial charge in [0.05, 0.1) is 0 Å². The Balaban J connectivity index is 2.28. The smallest absolute Gasteiger partial charge is 0.322 e. The molecule has 0 saturated carbocycles. The van der Waals surface area contributed by atoms with Crippen molar-refractivity contribution in [2.45, 2.75) is 25.8 Å². The fraction of sp³-hybridized carbons (Fsp3) is 0.625. The van der Waals surface area contributed by atoms with E-state index in [1.807, 2.05) is 6.92 Å². The summed E-state index contributed by atoms with van der Waals surface area (Å²) >= 11 is 1.23. The minimum atomic E-state index is -0.538. The molecule has 14 heavy (non-hydrogen) atoms. The maximum atomic E-state index is 11.1. The number of thioether (sulfide) groups is 1. The molecule has 1 aliphatic heterocycles. The molecule has 6 heteroatoms. The molecule has 1 saturated heterocycles. The number of urea groups is 1. The van der Waals surface area contributed by atoms with E-state index in [0.717, 1.165) is 5.75 Å². The van der Waals surface area contributed by atoms with E-state index in [0.29, 0.717) is 12.8 Å². The average molecular weight is 216 g/mol. The standard InChI is InChI=1S/C8H12N2O3S/c1-2-14-6(11)4-3-5-7(12)10-8(13)9-5/h5H,2-4H2,1H3,(H2,9,10,12,13)/t5-/m0/s1. The van der Waals surface area contributed by atoms with Gasteiger partial charge >= 0.3 is 6.03 Å². The lowest BCUT2D eigenvalue weighted by Gasteiger charge is -2.04.